The first-order valence-electron chi connectivity index (χ1n) is 8.15. The van der Waals surface area contributed by atoms with Crippen LogP contribution in [0, 0.1) is 0 Å². The fourth-order valence-electron chi connectivity index (χ4n) is 2.03. The van der Waals surface area contributed by atoms with Gasteiger partial charge in [0.1, 0.15) is 12.7 Å². The van der Waals surface area contributed by atoms with Crippen molar-refractivity contribution in [2.75, 3.05) is 13.2 Å². The van der Waals surface area contributed by atoms with E-state index in [0.29, 0.717) is 6.42 Å². The molecule has 0 bridgehead atoms. The van der Waals surface area contributed by atoms with Gasteiger partial charge in [0.05, 0.1) is 6.61 Å². The SMILES string of the molecule is CC(=O)OCC(C)=CCC(OC(C)=O)C(C)=CCCC(C)=CCO. The van der Waals surface area contributed by atoms with E-state index in [-0.39, 0.29) is 31.3 Å². The smallest absolute Gasteiger partial charge is 0.303 e. The van der Waals surface area contributed by atoms with E-state index < -0.39 is 0 Å². The molecule has 1 unspecified atom stereocenters. The summed E-state index contributed by atoms with van der Waals surface area (Å²) in [5.41, 5.74) is 3.03. The van der Waals surface area contributed by atoms with Gasteiger partial charge in [-0.1, -0.05) is 23.8 Å². The molecule has 0 heterocycles. The number of aliphatic hydroxyl groups excluding tert-OH is 1. The molecule has 0 aliphatic carbocycles. The fraction of sp³-hybridized carbons (Fsp3) is 0.579. The number of carbonyl (C=O) groups is 2. The van der Waals surface area contributed by atoms with Crippen molar-refractivity contribution in [1.29, 1.82) is 0 Å². The van der Waals surface area contributed by atoms with Gasteiger partial charge in [0, 0.05) is 20.3 Å². The Morgan fingerprint density at radius 2 is 1.62 bits per heavy atom. The molecule has 0 radical (unpaired) electrons. The largest absolute Gasteiger partial charge is 0.461 e. The minimum absolute atomic E-state index is 0.0526. The summed E-state index contributed by atoms with van der Waals surface area (Å²) in [5.74, 6) is -0.642. The Hall–Kier alpha value is -1.88. The molecule has 0 saturated heterocycles. The first-order chi connectivity index (χ1) is 11.3. The second-order valence-corrected chi connectivity index (χ2v) is 5.88. The Balaban J connectivity index is 4.73. The summed E-state index contributed by atoms with van der Waals surface area (Å²) < 4.78 is 10.3. The monoisotopic (exact) mass is 338 g/mol. The van der Waals surface area contributed by atoms with Gasteiger partial charge in [-0.05, 0) is 44.8 Å². The van der Waals surface area contributed by atoms with Crippen molar-refractivity contribution in [1.82, 2.24) is 0 Å². The maximum Gasteiger partial charge on any atom is 0.303 e. The number of hydrogen-bond acceptors (Lipinski definition) is 5. The van der Waals surface area contributed by atoms with Crippen molar-refractivity contribution < 1.29 is 24.2 Å². The molecular formula is C19H30O5. The molecule has 24 heavy (non-hydrogen) atoms. The lowest BCUT2D eigenvalue weighted by Gasteiger charge is -2.17. The van der Waals surface area contributed by atoms with Crippen LogP contribution >= 0.6 is 0 Å². The van der Waals surface area contributed by atoms with Crippen molar-refractivity contribution in [3.63, 3.8) is 0 Å². The number of esters is 2. The average Bonchev–Trinajstić information content (AvgIpc) is 2.49. The molecule has 0 aliphatic rings. The topological polar surface area (TPSA) is 72.8 Å². The molecule has 0 aromatic carbocycles. The van der Waals surface area contributed by atoms with Crippen LogP contribution in [-0.2, 0) is 19.1 Å². The van der Waals surface area contributed by atoms with Crippen molar-refractivity contribution in [2.24, 2.45) is 0 Å². The van der Waals surface area contributed by atoms with E-state index in [9.17, 15) is 9.59 Å². The van der Waals surface area contributed by atoms with E-state index in [1.54, 1.807) is 6.08 Å². The molecule has 0 aromatic heterocycles. The van der Waals surface area contributed by atoms with Gasteiger partial charge in [-0.25, -0.2) is 0 Å². The third-order valence-corrected chi connectivity index (χ3v) is 3.44. The molecule has 0 saturated carbocycles. The lowest BCUT2D eigenvalue weighted by molar-refractivity contribution is -0.144. The summed E-state index contributed by atoms with van der Waals surface area (Å²) in [7, 11) is 0. The summed E-state index contributed by atoms with van der Waals surface area (Å²) in [6, 6.07) is 0. The molecule has 136 valence electrons. The summed E-state index contributed by atoms with van der Waals surface area (Å²) in [6.07, 6.45) is 7.65. The van der Waals surface area contributed by atoms with E-state index in [1.165, 1.54) is 13.8 Å². The summed E-state index contributed by atoms with van der Waals surface area (Å²) in [4.78, 5) is 22.1. The number of hydrogen-bond donors (Lipinski definition) is 1. The quantitative estimate of drug-likeness (QED) is 0.488. The third kappa shape index (κ3) is 11.7. The highest BCUT2D eigenvalue weighted by molar-refractivity contribution is 5.66. The minimum Gasteiger partial charge on any atom is -0.461 e. The zero-order valence-corrected chi connectivity index (χ0v) is 15.4. The molecule has 0 rings (SSSR count). The number of ether oxygens (including phenoxy) is 2. The second kappa shape index (κ2) is 12.5. The van der Waals surface area contributed by atoms with Crippen LogP contribution in [0.3, 0.4) is 0 Å². The van der Waals surface area contributed by atoms with Crippen LogP contribution in [0.15, 0.2) is 34.9 Å². The fourth-order valence-corrected chi connectivity index (χ4v) is 2.03. The first-order valence-corrected chi connectivity index (χ1v) is 8.15. The molecule has 5 heteroatoms. The summed E-state index contributed by atoms with van der Waals surface area (Å²) in [5, 5.41) is 8.85. The maximum absolute atomic E-state index is 11.3. The third-order valence-electron chi connectivity index (χ3n) is 3.44. The summed E-state index contributed by atoms with van der Waals surface area (Å²) >= 11 is 0. The van der Waals surface area contributed by atoms with Crippen LogP contribution in [0.25, 0.3) is 0 Å². The molecule has 0 amide bonds. The molecule has 1 N–H and O–H groups in total. The van der Waals surface area contributed by atoms with E-state index in [4.69, 9.17) is 14.6 Å². The van der Waals surface area contributed by atoms with E-state index in [1.807, 2.05) is 26.8 Å². The average molecular weight is 338 g/mol. The van der Waals surface area contributed by atoms with Crippen LogP contribution < -0.4 is 0 Å². The number of allylic oxidation sites excluding steroid dienone is 2. The Bertz CT molecular complexity index is 500. The molecule has 0 aromatic rings. The normalized spacial score (nSPS) is 14.3. The second-order valence-electron chi connectivity index (χ2n) is 5.88. The van der Waals surface area contributed by atoms with Crippen LogP contribution in [0.2, 0.25) is 0 Å². The number of rotatable bonds is 10. The molecular weight excluding hydrogens is 308 g/mol. The van der Waals surface area contributed by atoms with Crippen LogP contribution in [0.4, 0.5) is 0 Å². The maximum atomic E-state index is 11.3. The lowest BCUT2D eigenvalue weighted by Crippen LogP contribution is -2.17. The van der Waals surface area contributed by atoms with Gasteiger partial charge in [-0.2, -0.15) is 0 Å². The van der Waals surface area contributed by atoms with Gasteiger partial charge in [0.15, 0.2) is 0 Å². The van der Waals surface area contributed by atoms with Crippen molar-refractivity contribution in [3.8, 4) is 0 Å². The summed E-state index contributed by atoms with van der Waals surface area (Å²) in [6.45, 7) is 8.85. The van der Waals surface area contributed by atoms with E-state index in [2.05, 4.69) is 6.08 Å². The van der Waals surface area contributed by atoms with Crippen LogP contribution in [0.5, 0.6) is 0 Å². The highest BCUT2D eigenvalue weighted by atomic mass is 16.5. The molecule has 0 aliphatic heterocycles. The first kappa shape index (κ1) is 22.1. The van der Waals surface area contributed by atoms with Gasteiger partial charge < -0.3 is 14.6 Å². The van der Waals surface area contributed by atoms with Gasteiger partial charge in [-0.15, -0.1) is 0 Å². The molecule has 0 fully saturated rings. The Kier molecular flexibility index (Phi) is 11.5. The number of carbonyl (C=O) groups excluding carboxylic acids is 2. The van der Waals surface area contributed by atoms with E-state index >= 15 is 0 Å². The van der Waals surface area contributed by atoms with Gasteiger partial charge in [0.2, 0.25) is 0 Å². The van der Waals surface area contributed by atoms with Crippen LogP contribution in [0.1, 0.15) is 53.9 Å². The zero-order valence-electron chi connectivity index (χ0n) is 15.4. The molecule has 1 atom stereocenters. The van der Waals surface area contributed by atoms with Gasteiger partial charge in [0.25, 0.3) is 0 Å². The predicted octanol–water partition coefficient (Wildman–Crippen LogP) is 3.48. The lowest BCUT2D eigenvalue weighted by atomic mass is 10.0. The predicted molar refractivity (Wildman–Crippen MR) is 94.4 cm³/mol. The van der Waals surface area contributed by atoms with Gasteiger partial charge in [-0.3, -0.25) is 9.59 Å². The van der Waals surface area contributed by atoms with E-state index in [0.717, 1.165) is 29.6 Å². The van der Waals surface area contributed by atoms with Crippen molar-refractivity contribution >= 4 is 11.9 Å². The highest BCUT2D eigenvalue weighted by Crippen LogP contribution is 2.16. The minimum atomic E-state index is -0.324. The standard InChI is InChI=1S/C19H30O5/c1-14(11-12-20)7-6-8-16(3)19(24-18(5)22)10-9-15(2)13-23-17(4)21/h8-9,11,19-20H,6-7,10,12-13H2,1-5H3. The highest BCUT2D eigenvalue weighted by Gasteiger charge is 2.13. The van der Waals surface area contributed by atoms with Crippen LogP contribution in [-0.4, -0.2) is 36.4 Å². The number of aliphatic hydroxyl groups is 1. The Labute approximate surface area is 145 Å². The Morgan fingerprint density at radius 1 is 0.958 bits per heavy atom. The van der Waals surface area contributed by atoms with Crippen molar-refractivity contribution in [2.45, 2.75) is 60.0 Å². The van der Waals surface area contributed by atoms with Crippen molar-refractivity contribution in [3.05, 3.63) is 34.9 Å². The molecule has 0 spiro atoms. The zero-order chi connectivity index (χ0) is 18.5. The Morgan fingerprint density at radius 3 is 2.17 bits per heavy atom. The van der Waals surface area contributed by atoms with Gasteiger partial charge >= 0.3 is 11.9 Å². The molecule has 5 nitrogen and oxygen atoms in total.